The Kier molecular flexibility index (Phi) is 9.34. The molecule has 0 aromatic heterocycles. The average molecular weight is 385 g/mol. The van der Waals surface area contributed by atoms with E-state index in [0.717, 1.165) is 44.3 Å². The first-order chi connectivity index (χ1) is 12.5. The lowest BCUT2D eigenvalue weighted by Gasteiger charge is -2.21. The van der Waals surface area contributed by atoms with Gasteiger partial charge in [-0.15, -0.1) is 0 Å². The van der Waals surface area contributed by atoms with Gasteiger partial charge in [-0.3, -0.25) is 4.79 Å². The largest absolute Gasteiger partial charge is 0.512 e. The zero-order chi connectivity index (χ0) is 18.9. The lowest BCUT2D eigenvalue weighted by Crippen LogP contribution is -2.22. The van der Waals surface area contributed by atoms with E-state index >= 15 is 0 Å². The fraction of sp³-hybridized carbons (Fsp3) is 0.857. The van der Waals surface area contributed by atoms with Crippen molar-refractivity contribution in [1.82, 2.24) is 0 Å². The third-order valence-electron chi connectivity index (χ3n) is 6.17. The molecule has 0 unspecified atom stereocenters. The van der Waals surface area contributed by atoms with E-state index in [1.165, 1.54) is 37.4 Å². The Bertz CT molecular complexity index is 465. The first-order valence-electron chi connectivity index (χ1n) is 10.4. The molecule has 2 fully saturated rings. The molecule has 5 heteroatoms. The summed E-state index contributed by atoms with van der Waals surface area (Å²) in [5.41, 5.74) is 0. The second-order valence-electron chi connectivity index (χ2n) is 8.16. The number of rotatable bonds is 12. The van der Waals surface area contributed by atoms with Crippen molar-refractivity contribution >= 4 is 17.7 Å². The van der Waals surface area contributed by atoms with Crippen molar-refractivity contribution in [2.24, 2.45) is 23.7 Å². The number of allylic oxidation sites excluding steroid dienone is 1. The van der Waals surface area contributed by atoms with Crippen molar-refractivity contribution in [1.29, 1.82) is 0 Å². The number of fused-ring (bicyclic) bond motifs is 1. The van der Waals surface area contributed by atoms with Crippen LogP contribution >= 0.6 is 11.8 Å². The van der Waals surface area contributed by atoms with Crippen molar-refractivity contribution in [3.63, 3.8) is 0 Å². The van der Waals surface area contributed by atoms with Crippen molar-refractivity contribution in [2.75, 3.05) is 11.5 Å². The van der Waals surface area contributed by atoms with Crippen molar-refractivity contribution in [3.05, 3.63) is 11.8 Å². The molecule has 2 rings (SSSR count). The topological polar surface area (TPSA) is 77.8 Å². The number of thioether (sulfide) groups is 1. The summed E-state index contributed by atoms with van der Waals surface area (Å²) in [6.45, 7) is 2.21. The van der Waals surface area contributed by atoms with Gasteiger partial charge in [-0.1, -0.05) is 32.6 Å². The standard InChI is InChI=1S/C21H36O4S/c1-2-3-4-5-6-7-8-18(22)21-17-12-15(9-10-26-14-20(24)25)11-16(17)13-19(21)23/h8,15-17,19,21-23H,2-7,9-14H2,1H3,(H,24,25)/t15-,16-,17-,19+,21-/m1/s1. The number of aliphatic hydroxyl groups is 2. The fourth-order valence-corrected chi connectivity index (χ4v) is 5.74. The van der Waals surface area contributed by atoms with E-state index in [1.54, 1.807) is 0 Å². The maximum Gasteiger partial charge on any atom is 0.313 e. The van der Waals surface area contributed by atoms with Crippen LogP contribution < -0.4 is 0 Å². The van der Waals surface area contributed by atoms with Crippen LogP contribution in [0, 0.1) is 23.7 Å². The minimum absolute atomic E-state index is 0.0766. The van der Waals surface area contributed by atoms with Gasteiger partial charge in [0.1, 0.15) is 0 Å². The number of aliphatic carboxylic acids is 1. The van der Waals surface area contributed by atoms with Gasteiger partial charge in [0.25, 0.3) is 0 Å². The van der Waals surface area contributed by atoms with Gasteiger partial charge >= 0.3 is 5.97 Å². The zero-order valence-corrected chi connectivity index (χ0v) is 16.9. The molecule has 0 saturated heterocycles. The maximum atomic E-state index is 10.6. The molecule has 0 heterocycles. The summed E-state index contributed by atoms with van der Waals surface area (Å²) in [7, 11) is 0. The minimum atomic E-state index is -0.744. The number of carboxylic acids is 1. The second kappa shape index (κ2) is 11.2. The molecule has 150 valence electrons. The highest BCUT2D eigenvalue weighted by atomic mass is 32.2. The molecule has 0 spiro atoms. The van der Waals surface area contributed by atoms with Gasteiger partial charge < -0.3 is 15.3 Å². The van der Waals surface area contributed by atoms with Gasteiger partial charge in [-0.05, 0) is 68.1 Å². The summed E-state index contributed by atoms with van der Waals surface area (Å²) in [5.74, 6) is 2.20. The number of carboxylic acid groups (broad SMARTS) is 1. The number of hydrogen-bond acceptors (Lipinski definition) is 4. The Morgan fingerprint density at radius 2 is 1.88 bits per heavy atom. The van der Waals surface area contributed by atoms with E-state index in [0.29, 0.717) is 23.5 Å². The first-order valence-corrected chi connectivity index (χ1v) is 11.5. The average Bonchev–Trinajstić information content (AvgIpc) is 3.10. The predicted molar refractivity (Wildman–Crippen MR) is 107 cm³/mol. The summed E-state index contributed by atoms with van der Waals surface area (Å²) in [5, 5.41) is 29.7. The molecular weight excluding hydrogens is 348 g/mol. The number of unbranched alkanes of at least 4 members (excludes halogenated alkanes) is 5. The van der Waals surface area contributed by atoms with Crippen LogP contribution in [0.15, 0.2) is 11.8 Å². The molecule has 0 aromatic carbocycles. The van der Waals surface area contributed by atoms with Crippen LogP contribution in [-0.4, -0.2) is 38.9 Å². The van der Waals surface area contributed by atoms with E-state index in [2.05, 4.69) is 6.92 Å². The van der Waals surface area contributed by atoms with Crippen molar-refractivity contribution in [2.45, 2.75) is 77.2 Å². The van der Waals surface area contributed by atoms with Crippen LogP contribution in [0.1, 0.15) is 71.1 Å². The Balaban J connectivity index is 1.76. The summed E-state index contributed by atoms with van der Waals surface area (Å²) in [6, 6.07) is 0. The quantitative estimate of drug-likeness (QED) is 0.325. The molecule has 0 amide bonds. The summed E-state index contributed by atoms with van der Waals surface area (Å²) in [6.07, 6.45) is 12.6. The molecule has 0 aromatic rings. The summed E-state index contributed by atoms with van der Waals surface area (Å²) < 4.78 is 0. The molecule has 2 saturated carbocycles. The minimum Gasteiger partial charge on any atom is -0.512 e. The lowest BCUT2D eigenvalue weighted by atomic mass is 9.88. The van der Waals surface area contributed by atoms with Crippen LogP contribution in [0.5, 0.6) is 0 Å². The Labute approximate surface area is 162 Å². The third kappa shape index (κ3) is 6.49. The van der Waals surface area contributed by atoms with Gasteiger partial charge in [0.2, 0.25) is 0 Å². The van der Waals surface area contributed by atoms with E-state index in [-0.39, 0.29) is 11.7 Å². The van der Waals surface area contributed by atoms with Gasteiger partial charge in [0.15, 0.2) is 0 Å². The Hall–Kier alpha value is -0.680. The normalized spacial score (nSPS) is 31.3. The molecule has 0 radical (unpaired) electrons. The molecule has 0 aliphatic heterocycles. The van der Waals surface area contributed by atoms with Gasteiger partial charge in [-0.2, -0.15) is 11.8 Å². The highest BCUT2D eigenvalue weighted by Gasteiger charge is 2.49. The number of hydrogen-bond donors (Lipinski definition) is 3. The molecule has 2 aliphatic rings. The van der Waals surface area contributed by atoms with Crippen LogP contribution in [0.2, 0.25) is 0 Å². The van der Waals surface area contributed by atoms with Crippen LogP contribution in [0.4, 0.5) is 0 Å². The molecule has 3 N–H and O–H groups in total. The van der Waals surface area contributed by atoms with Crippen molar-refractivity contribution in [3.8, 4) is 0 Å². The predicted octanol–water partition coefficient (Wildman–Crippen LogP) is 5.02. The van der Waals surface area contributed by atoms with E-state index in [1.807, 2.05) is 6.08 Å². The van der Waals surface area contributed by atoms with E-state index in [4.69, 9.17) is 5.11 Å². The highest BCUT2D eigenvalue weighted by molar-refractivity contribution is 7.99. The molecule has 4 nitrogen and oxygen atoms in total. The lowest BCUT2D eigenvalue weighted by molar-refractivity contribution is -0.133. The highest BCUT2D eigenvalue weighted by Crippen LogP contribution is 2.52. The molecule has 26 heavy (non-hydrogen) atoms. The summed E-state index contributed by atoms with van der Waals surface area (Å²) >= 11 is 1.49. The Morgan fingerprint density at radius 3 is 2.62 bits per heavy atom. The fourth-order valence-electron chi connectivity index (χ4n) is 4.93. The summed E-state index contributed by atoms with van der Waals surface area (Å²) in [4.78, 5) is 10.6. The van der Waals surface area contributed by atoms with Gasteiger partial charge in [-0.25, -0.2) is 0 Å². The molecule has 2 aliphatic carbocycles. The van der Waals surface area contributed by atoms with Crippen LogP contribution in [0.25, 0.3) is 0 Å². The van der Waals surface area contributed by atoms with Crippen LogP contribution in [-0.2, 0) is 4.79 Å². The van der Waals surface area contributed by atoms with Crippen molar-refractivity contribution < 1.29 is 20.1 Å². The van der Waals surface area contributed by atoms with E-state index < -0.39 is 12.1 Å². The first kappa shape index (κ1) is 21.6. The third-order valence-corrected chi connectivity index (χ3v) is 7.14. The van der Waals surface area contributed by atoms with Crippen LogP contribution in [0.3, 0.4) is 0 Å². The smallest absolute Gasteiger partial charge is 0.313 e. The second-order valence-corrected chi connectivity index (χ2v) is 9.26. The number of aliphatic hydroxyl groups excluding tert-OH is 2. The SMILES string of the molecule is CCCCCCCC=C(O)[C@H]1[C@@H]2C[C@H](CCSCC(=O)O)C[C@@H]2C[C@@H]1O. The van der Waals surface area contributed by atoms with Gasteiger partial charge in [0, 0.05) is 5.92 Å². The molecular formula is C21H36O4S. The molecule has 0 bridgehead atoms. The maximum absolute atomic E-state index is 10.6. The monoisotopic (exact) mass is 384 g/mol. The number of carbonyl (C=O) groups is 1. The van der Waals surface area contributed by atoms with Gasteiger partial charge in [0.05, 0.1) is 17.6 Å². The zero-order valence-electron chi connectivity index (χ0n) is 16.1. The Morgan fingerprint density at radius 1 is 1.12 bits per heavy atom. The van der Waals surface area contributed by atoms with E-state index in [9.17, 15) is 15.0 Å². The molecule has 5 atom stereocenters.